The number of nitrogens with one attached hydrogen (secondary N) is 1. The van der Waals surface area contributed by atoms with Crippen molar-refractivity contribution in [2.24, 2.45) is 5.92 Å². The molecule has 11 heavy (non-hydrogen) atoms. The molecule has 0 aliphatic rings. The van der Waals surface area contributed by atoms with Crippen molar-refractivity contribution in [3.8, 4) is 0 Å². The van der Waals surface area contributed by atoms with Crippen LogP contribution in [0.1, 0.15) is 26.7 Å². The largest absolute Gasteiger partial charge is 0.333 e. The number of hydrogen-bond donors (Lipinski definition) is 2. The van der Waals surface area contributed by atoms with Gasteiger partial charge in [-0.05, 0) is 18.8 Å². The molecule has 1 unspecified atom stereocenters. The molecule has 2 N–H and O–H groups in total. The molecule has 0 radical (unpaired) electrons. The highest BCUT2D eigenvalue weighted by atomic mass is 31.2. The average Bonchev–Trinajstić information content (AvgIpc) is 1.78. The van der Waals surface area contributed by atoms with Crippen LogP contribution in [0.15, 0.2) is 0 Å². The first-order valence-corrected chi connectivity index (χ1v) is 6.08. The highest BCUT2D eigenvalue weighted by Crippen LogP contribution is 2.28. The van der Waals surface area contributed by atoms with Gasteiger partial charge in [0.15, 0.2) is 0 Å². The fourth-order valence-electron chi connectivity index (χ4n) is 0.797. The van der Waals surface area contributed by atoms with Crippen LogP contribution in [0.2, 0.25) is 0 Å². The molecule has 0 heterocycles. The quantitative estimate of drug-likeness (QED) is 0.500. The second kappa shape index (κ2) is 4.91. The molecule has 0 aliphatic carbocycles. The van der Waals surface area contributed by atoms with Crippen molar-refractivity contribution in [3.05, 3.63) is 0 Å². The van der Waals surface area contributed by atoms with E-state index >= 15 is 0 Å². The average molecular weight is 179 g/mol. The summed E-state index contributed by atoms with van der Waals surface area (Å²) in [5, 5.41) is 2.59. The lowest BCUT2D eigenvalue weighted by molar-refractivity contribution is 0.464. The van der Waals surface area contributed by atoms with Gasteiger partial charge in [0, 0.05) is 13.2 Å². The third kappa shape index (κ3) is 10.2. The molecule has 4 heteroatoms. The van der Waals surface area contributed by atoms with Crippen molar-refractivity contribution in [2.45, 2.75) is 26.7 Å². The van der Waals surface area contributed by atoms with E-state index in [0.717, 1.165) is 12.8 Å². The minimum atomic E-state index is -2.98. The predicted octanol–water partition coefficient (Wildman–Crippen LogP) is 1.83. The Kier molecular flexibility index (Phi) is 4.98. The van der Waals surface area contributed by atoms with Gasteiger partial charge < -0.3 is 4.89 Å². The van der Waals surface area contributed by atoms with Gasteiger partial charge in [-0.2, -0.15) is 0 Å². The summed E-state index contributed by atoms with van der Waals surface area (Å²) in [6.07, 6.45) is 2.07. The van der Waals surface area contributed by atoms with Gasteiger partial charge in [0.2, 0.25) is 0 Å². The molecule has 0 fully saturated rings. The van der Waals surface area contributed by atoms with Crippen molar-refractivity contribution in [2.75, 3.05) is 13.2 Å². The maximum absolute atomic E-state index is 10.7. The van der Waals surface area contributed by atoms with Crippen LogP contribution in [0.25, 0.3) is 0 Å². The van der Waals surface area contributed by atoms with Crippen molar-refractivity contribution < 1.29 is 9.46 Å². The van der Waals surface area contributed by atoms with Crippen LogP contribution >= 0.6 is 7.52 Å². The lowest BCUT2D eigenvalue weighted by Crippen LogP contribution is -2.11. The van der Waals surface area contributed by atoms with Crippen molar-refractivity contribution >= 4 is 7.52 Å². The highest BCUT2D eigenvalue weighted by Gasteiger charge is 2.06. The first-order chi connectivity index (χ1) is 4.92. The minimum Gasteiger partial charge on any atom is -0.333 e. The van der Waals surface area contributed by atoms with Gasteiger partial charge in [0.1, 0.15) is 0 Å². The van der Waals surface area contributed by atoms with E-state index in [1.54, 1.807) is 0 Å². The van der Waals surface area contributed by atoms with Crippen LogP contribution in [0.5, 0.6) is 0 Å². The van der Waals surface area contributed by atoms with E-state index in [4.69, 9.17) is 4.89 Å². The fourth-order valence-corrected chi connectivity index (χ4v) is 1.37. The lowest BCUT2D eigenvalue weighted by atomic mass is 10.1. The number of rotatable bonds is 5. The molecule has 0 amide bonds. The summed E-state index contributed by atoms with van der Waals surface area (Å²) in [6, 6.07) is 0. The molecule has 0 saturated heterocycles. The Bertz CT molecular complexity index is 141. The monoisotopic (exact) mass is 179 g/mol. The Balaban J connectivity index is 3.22. The van der Waals surface area contributed by atoms with E-state index in [2.05, 4.69) is 18.9 Å². The van der Waals surface area contributed by atoms with Gasteiger partial charge in [0.25, 0.3) is 7.52 Å². The molecule has 0 aromatic heterocycles. The Morgan fingerprint density at radius 2 is 2.09 bits per heavy atom. The summed E-state index contributed by atoms with van der Waals surface area (Å²) in [7, 11) is -2.98. The second-order valence-electron chi connectivity index (χ2n) is 3.32. The first kappa shape index (κ1) is 11.2. The van der Waals surface area contributed by atoms with Gasteiger partial charge >= 0.3 is 0 Å². The predicted molar refractivity (Wildman–Crippen MR) is 47.8 cm³/mol. The molecular weight excluding hydrogens is 161 g/mol. The lowest BCUT2D eigenvalue weighted by Gasteiger charge is -2.08. The smallest absolute Gasteiger partial charge is 0.264 e. The molecule has 0 bridgehead atoms. The third-order valence-corrected chi connectivity index (χ3v) is 2.17. The fraction of sp³-hybridized carbons (Fsp3) is 1.00. The van der Waals surface area contributed by atoms with E-state index in [-0.39, 0.29) is 0 Å². The molecule has 0 rings (SSSR count). The van der Waals surface area contributed by atoms with Crippen molar-refractivity contribution in [1.29, 1.82) is 0 Å². The summed E-state index contributed by atoms with van der Waals surface area (Å²) in [5.41, 5.74) is 0. The normalized spacial score (nSPS) is 16.8. The molecule has 0 spiro atoms. The number of hydrogen-bond acceptors (Lipinski definition) is 1. The van der Waals surface area contributed by atoms with Crippen LogP contribution in [0.3, 0.4) is 0 Å². The van der Waals surface area contributed by atoms with E-state index in [1.165, 1.54) is 6.66 Å². The summed E-state index contributed by atoms with van der Waals surface area (Å²) in [4.78, 5) is 8.83. The van der Waals surface area contributed by atoms with E-state index < -0.39 is 7.52 Å². The molecule has 0 aromatic rings. The van der Waals surface area contributed by atoms with E-state index in [1.807, 2.05) is 0 Å². The SMILES string of the molecule is CC(C)CCCNP(C)(=O)O. The Labute approximate surface area is 68.7 Å². The highest BCUT2D eigenvalue weighted by molar-refractivity contribution is 7.54. The van der Waals surface area contributed by atoms with Gasteiger partial charge in [-0.15, -0.1) is 0 Å². The molecular formula is C7H18NO2P. The van der Waals surface area contributed by atoms with Crippen molar-refractivity contribution in [1.82, 2.24) is 5.09 Å². The second-order valence-corrected chi connectivity index (χ2v) is 5.40. The molecule has 68 valence electrons. The standard InChI is InChI=1S/C7H18NO2P/c1-7(2)5-4-6-8-11(3,9)10/h7H,4-6H2,1-3H3,(H2,8,9,10). The van der Waals surface area contributed by atoms with Crippen LogP contribution in [0, 0.1) is 5.92 Å². The topological polar surface area (TPSA) is 49.3 Å². The van der Waals surface area contributed by atoms with Crippen LogP contribution in [-0.4, -0.2) is 18.1 Å². The zero-order valence-corrected chi connectivity index (χ0v) is 8.40. The molecule has 3 nitrogen and oxygen atoms in total. The summed E-state index contributed by atoms with van der Waals surface area (Å²) in [5.74, 6) is 0.673. The molecule has 0 aliphatic heterocycles. The molecule has 1 atom stereocenters. The van der Waals surface area contributed by atoms with E-state index in [9.17, 15) is 4.57 Å². The van der Waals surface area contributed by atoms with Crippen molar-refractivity contribution in [3.63, 3.8) is 0 Å². The minimum absolute atomic E-state index is 0.641. The summed E-state index contributed by atoms with van der Waals surface area (Å²) in [6.45, 7) is 6.25. The van der Waals surface area contributed by atoms with Crippen LogP contribution < -0.4 is 5.09 Å². The Morgan fingerprint density at radius 1 is 1.55 bits per heavy atom. The van der Waals surface area contributed by atoms with Gasteiger partial charge in [-0.1, -0.05) is 13.8 Å². The van der Waals surface area contributed by atoms with Gasteiger partial charge in [-0.3, -0.25) is 4.57 Å². The maximum atomic E-state index is 10.7. The van der Waals surface area contributed by atoms with Crippen LogP contribution in [-0.2, 0) is 4.57 Å². The zero-order valence-electron chi connectivity index (χ0n) is 7.50. The maximum Gasteiger partial charge on any atom is 0.264 e. The van der Waals surface area contributed by atoms with E-state index in [0.29, 0.717) is 12.5 Å². The van der Waals surface area contributed by atoms with Crippen LogP contribution in [0.4, 0.5) is 0 Å². The summed E-state index contributed by atoms with van der Waals surface area (Å²) < 4.78 is 10.7. The molecule has 0 aromatic carbocycles. The Hall–Kier alpha value is 0.150. The summed E-state index contributed by atoms with van der Waals surface area (Å²) >= 11 is 0. The zero-order chi connectivity index (χ0) is 8.91. The molecule has 0 saturated carbocycles. The van der Waals surface area contributed by atoms with Gasteiger partial charge in [-0.25, -0.2) is 5.09 Å². The first-order valence-electron chi connectivity index (χ1n) is 3.97. The third-order valence-electron chi connectivity index (χ3n) is 1.36. The van der Waals surface area contributed by atoms with Gasteiger partial charge in [0.05, 0.1) is 0 Å². The Morgan fingerprint density at radius 3 is 2.45 bits per heavy atom.